The van der Waals surface area contributed by atoms with Crippen LogP contribution in [0.5, 0.6) is 0 Å². The van der Waals surface area contributed by atoms with Crippen LogP contribution in [-0.2, 0) is 0 Å². The van der Waals surface area contributed by atoms with E-state index in [9.17, 15) is 0 Å². The number of nitrogens with zero attached hydrogens (tertiary/aromatic N) is 1. The van der Waals surface area contributed by atoms with E-state index in [-0.39, 0.29) is 0 Å². The van der Waals surface area contributed by atoms with Gasteiger partial charge in [0, 0.05) is 0 Å². The van der Waals surface area contributed by atoms with Crippen molar-refractivity contribution in [2.24, 2.45) is 17.1 Å². The van der Waals surface area contributed by atoms with Gasteiger partial charge in [-0.3, -0.25) is 0 Å². The molecule has 2 N–H and O–H groups in total. The smallest absolute Gasteiger partial charge is 0.00164 e. The molecule has 0 aromatic carbocycles. The predicted molar refractivity (Wildman–Crippen MR) is 57.7 cm³/mol. The molecule has 0 aliphatic carbocycles. The first-order chi connectivity index (χ1) is 6.10. The van der Waals surface area contributed by atoms with E-state index < -0.39 is 0 Å². The summed E-state index contributed by atoms with van der Waals surface area (Å²) >= 11 is 0. The summed E-state index contributed by atoms with van der Waals surface area (Å²) in [6, 6.07) is 0. The van der Waals surface area contributed by atoms with Gasteiger partial charge in [-0.1, -0.05) is 13.8 Å². The van der Waals surface area contributed by atoms with Crippen LogP contribution in [0.25, 0.3) is 0 Å². The van der Waals surface area contributed by atoms with E-state index in [1.54, 1.807) is 0 Å². The lowest BCUT2D eigenvalue weighted by atomic mass is 9.68. The fourth-order valence-electron chi connectivity index (χ4n) is 2.47. The number of rotatable bonds is 3. The van der Waals surface area contributed by atoms with Gasteiger partial charge in [0.1, 0.15) is 0 Å². The molecule has 1 aliphatic rings. The van der Waals surface area contributed by atoms with Crippen LogP contribution < -0.4 is 5.73 Å². The topological polar surface area (TPSA) is 29.3 Å². The molecule has 0 spiro atoms. The molecule has 1 rings (SSSR count). The molecule has 0 aromatic rings. The van der Waals surface area contributed by atoms with Crippen molar-refractivity contribution in [1.29, 1.82) is 0 Å². The average molecular weight is 184 g/mol. The lowest BCUT2D eigenvalue weighted by Gasteiger charge is -2.43. The molecule has 0 radical (unpaired) electrons. The average Bonchev–Trinajstić information content (AvgIpc) is 2.09. The molecule has 1 fully saturated rings. The number of hydrogen-bond donors (Lipinski definition) is 1. The van der Waals surface area contributed by atoms with Crippen molar-refractivity contribution >= 4 is 0 Å². The Morgan fingerprint density at radius 1 is 1.31 bits per heavy atom. The second kappa shape index (κ2) is 4.43. The van der Waals surface area contributed by atoms with Gasteiger partial charge in [0.25, 0.3) is 0 Å². The first-order valence-electron chi connectivity index (χ1n) is 5.49. The van der Waals surface area contributed by atoms with Gasteiger partial charge in [-0.2, -0.15) is 0 Å². The lowest BCUT2D eigenvalue weighted by Crippen LogP contribution is -2.42. The summed E-state index contributed by atoms with van der Waals surface area (Å²) in [6.07, 6.45) is 3.87. The molecule has 1 aliphatic heterocycles. The molecule has 0 atom stereocenters. The van der Waals surface area contributed by atoms with Crippen LogP contribution in [0.3, 0.4) is 0 Å². The van der Waals surface area contributed by atoms with Gasteiger partial charge < -0.3 is 10.6 Å². The normalized spacial score (nSPS) is 23.8. The second-order valence-corrected chi connectivity index (χ2v) is 4.86. The summed E-state index contributed by atoms with van der Waals surface area (Å²) in [5, 5.41) is 0. The number of likely N-dealkylation sites (tertiary alicyclic amines) is 1. The summed E-state index contributed by atoms with van der Waals surface area (Å²) in [5.41, 5.74) is 6.25. The van der Waals surface area contributed by atoms with Crippen LogP contribution in [0.4, 0.5) is 0 Å². The van der Waals surface area contributed by atoms with Gasteiger partial charge in [-0.05, 0) is 57.3 Å². The van der Waals surface area contributed by atoms with Crippen molar-refractivity contribution in [2.75, 3.05) is 26.7 Å². The fraction of sp³-hybridized carbons (Fsp3) is 1.00. The van der Waals surface area contributed by atoms with Crippen LogP contribution in [0, 0.1) is 11.3 Å². The highest BCUT2D eigenvalue weighted by Crippen LogP contribution is 2.41. The van der Waals surface area contributed by atoms with Gasteiger partial charge >= 0.3 is 0 Å². The minimum absolute atomic E-state index is 0.543. The second-order valence-electron chi connectivity index (χ2n) is 4.86. The molecule has 78 valence electrons. The van der Waals surface area contributed by atoms with Crippen molar-refractivity contribution in [2.45, 2.75) is 33.1 Å². The first-order valence-corrected chi connectivity index (χ1v) is 5.49. The molecule has 0 aromatic heterocycles. The predicted octanol–water partition coefficient (Wildman–Crippen LogP) is 1.70. The van der Waals surface area contributed by atoms with E-state index >= 15 is 0 Å². The van der Waals surface area contributed by atoms with Crippen LogP contribution in [0.1, 0.15) is 33.1 Å². The lowest BCUT2D eigenvalue weighted by molar-refractivity contribution is 0.0674. The van der Waals surface area contributed by atoms with Crippen molar-refractivity contribution < 1.29 is 0 Å². The zero-order chi connectivity index (χ0) is 9.90. The molecular weight excluding hydrogens is 160 g/mol. The van der Waals surface area contributed by atoms with Gasteiger partial charge in [0.15, 0.2) is 0 Å². The quantitative estimate of drug-likeness (QED) is 0.723. The van der Waals surface area contributed by atoms with Crippen LogP contribution >= 0.6 is 0 Å². The van der Waals surface area contributed by atoms with Gasteiger partial charge in [-0.25, -0.2) is 0 Å². The van der Waals surface area contributed by atoms with Gasteiger partial charge in [0.2, 0.25) is 0 Å². The van der Waals surface area contributed by atoms with Crippen molar-refractivity contribution in [3.8, 4) is 0 Å². The van der Waals surface area contributed by atoms with Crippen molar-refractivity contribution in [3.63, 3.8) is 0 Å². The Hall–Kier alpha value is -0.0800. The molecule has 0 saturated carbocycles. The largest absolute Gasteiger partial charge is 0.330 e. The highest BCUT2D eigenvalue weighted by atomic mass is 15.1. The molecule has 13 heavy (non-hydrogen) atoms. The summed E-state index contributed by atoms with van der Waals surface area (Å²) < 4.78 is 0. The van der Waals surface area contributed by atoms with Gasteiger partial charge in [0.05, 0.1) is 0 Å². The molecule has 0 bridgehead atoms. The summed E-state index contributed by atoms with van der Waals surface area (Å²) in [7, 11) is 2.21. The minimum atomic E-state index is 0.543. The molecule has 2 nitrogen and oxygen atoms in total. The minimum Gasteiger partial charge on any atom is -0.330 e. The maximum absolute atomic E-state index is 5.70. The van der Waals surface area contributed by atoms with E-state index in [1.807, 2.05) is 0 Å². The Morgan fingerprint density at radius 2 is 1.85 bits per heavy atom. The third kappa shape index (κ3) is 2.44. The number of piperidine rings is 1. The van der Waals surface area contributed by atoms with Crippen LogP contribution in [0.15, 0.2) is 0 Å². The Kier molecular flexibility index (Phi) is 3.74. The Bertz CT molecular complexity index is 146. The number of nitrogens with two attached hydrogens (primary N) is 1. The Balaban J connectivity index is 2.58. The van der Waals surface area contributed by atoms with E-state index in [1.165, 1.54) is 32.4 Å². The van der Waals surface area contributed by atoms with E-state index in [4.69, 9.17) is 5.73 Å². The molecule has 0 amide bonds. The first kappa shape index (κ1) is 11.0. The fourth-order valence-corrected chi connectivity index (χ4v) is 2.47. The standard InChI is InChI=1S/C11H24N2/c1-10(2)11(4-7-12)5-8-13(3)9-6-11/h10H,4-9,12H2,1-3H3. The molecule has 0 unspecified atom stereocenters. The van der Waals surface area contributed by atoms with Crippen LogP contribution in [0.2, 0.25) is 0 Å². The van der Waals surface area contributed by atoms with E-state index in [2.05, 4.69) is 25.8 Å². The third-order valence-corrected chi connectivity index (χ3v) is 3.85. The highest BCUT2D eigenvalue weighted by molar-refractivity contribution is 4.87. The highest BCUT2D eigenvalue weighted by Gasteiger charge is 2.35. The monoisotopic (exact) mass is 184 g/mol. The Labute approximate surface area is 82.5 Å². The van der Waals surface area contributed by atoms with Crippen LogP contribution in [-0.4, -0.2) is 31.6 Å². The zero-order valence-electron chi connectivity index (χ0n) is 9.34. The van der Waals surface area contributed by atoms with Crippen molar-refractivity contribution in [1.82, 2.24) is 4.90 Å². The summed E-state index contributed by atoms with van der Waals surface area (Å²) in [6.45, 7) is 8.04. The maximum Gasteiger partial charge on any atom is -0.00164 e. The zero-order valence-corrected chi connectivity index (χ0v) is 9.34. The van der Waals surface area contributed by atoms with Gasteiger partial charge in [-0.15, -0.1) is 0 Å². The molecular formula is C11H24N2. The molecule has 1 saturated heterocycles. The van der Waals surface area contributed by atoms with Crippen molar-refractivity contribution in [3.05, 3.63) is 0 Å². The third-order valence-electron chi connectivity index (χ3n) is 3.85. The number of hydrogen-bond acceptors (Lipinski definition) is 2. The SMILES string of the molecule is CC(C)C1(CCN)CCN(C)CC1. The maximum atomic E-state index is 5.70. The van der Waals surface area contributed by atoms with E-state index in [0.29, 0.717) is 5.41 Å². The molecule has 2 heteroatoms. The summed E-state index contributed by atoms with van der Waals surface area (Å²) in [4.78, 5) is 2.43. The molecule has 1 heterocycles. The Morgan fingerprint density at radius 3 is 2.23 bits per heavy atom. The summed E-state index contributed by atoms with van der Waals surface area (Å²) in [5.74, 6) is 0.782. The van der Waals surface area contributed by atoms with E-state index in [0.717, 1.165) is 12.5 Å².